The summed E-state index contributed by atoms with van der Waals surface area (Å²) in [5.74, 6) is 0. The zero-order chi connectivity index (χ0) is 14.4. The molecule has 2 aromatic rings. The number of ether oxygens (including phenoxy) is 1. The number of aromatic nitrogens is 2. The fraction of sp³-hybridized carbons (Fsp3) is 0.438. The highest BCUT2D eigenvalue weighted by molar-refractivity contribution is 5.62. The summed E-state index contributed by atoms with van der Waals surface area (Å²) in [4.78, 5) is 0. The third-order valence-corrected chi connectivity index (χ3v) is 3.18. The Hall–Kier alpha value is -1.65. The van der Waals surface area contributed by atoms with Gasteiger partial charge in [0, 0.05) is 25.3 Å². The van der Waals surface area contributed by atoms with Crippen molar-refractivity contribution >= 4 is 0 Å². The Morgan fingerprint density at radius 1 is 1.25 bits per heavy atom. The zero-order valence-electron chi connectivity index (χ0n) is 12.4. The Bertz CT molecular complexity index is 520. The standard InChI is InChI=1S/C16H23N3O/c1-4-20-16(2,3)12-17-10-14-11-18-19-15(14)13-8-6-5-7-9-13/h5-9,11,17H,4,10,12H2,1-3H3,(H,18,19). The van der Waals surface area contributed by atoms with Crippen molar-refractivity contribution in [2.24, 2.45) is 0 Å². The molecule has 0 saturated heterocycles. The summed E-state index contributed by atoms with van der Waals surface area (Å²) < 4.78 is 5.68. The normalized spacial score (nSPS) is 11.8. The first-order valence-corrected chi connectivity index (χ1v) is 7.05. The van der Waals surface area contributed by atoms with Crippen LogP contribution in [0.5, 0.6) is 0 Å². The highest BCUT2D eigenvalue weighted by atomic mass is 16.5. The van der Waals surface area contributed by atoms with E-state index in [0.29, 0.717) is 0 Å². The van der Waals surface area contributed by atoms with Crippen LogP contribution in [0.2, 0.25) is 0 Å². The van der Waals surface area contributed by atoms with Gasteiger partial charge in [0.05, 0.1) is 17.5 Å². The second kappa shape index (κ2) is 6.68. The van der Waals surface area contributed by atoms with Crippen molar-refractivity contribution in [3.8, 4) is 11.3 Å². The summed E-state index contributed by atoms with van der Waals surface area (Å²) >= 11 is 0. The molecule has 0 aliphatic rings. The van der Waals surface area contributed by atoms with Crippen molar-refractivity contribution in [1.29, 1.82) is 0 Å². The third kappa shape index (κ3) is 3.92. The molecular formula is C16H23N3O. The molecule has 0 amide bonds. The fourth-order valence-corrected chi connectivity index (χ4v) is 2.24. The van der Waals surface area contributed by atoms with Crippen LogP contribution in [0.4, 0.5) is 0 Å². The van der Waals surface area contributed by atoms with Gasteiger partial charge in [-0.25, -0.2) is 0 Å². The van der Waals surface area contributed by atoms with Crippen molar-refractivity contribution < 1.29 is 4.74 Å². The van der Waals surface area contributed by atoms with E-state index in [2.05, 4.69) is 41.5 Å². The molecule has 0 saturated carbocycles. The minimum absolute atomic E-state index is 0.147. The highest BCUT2D eigenvalue weighted by Crippen LogP contribution is 2.20. The minimum atomic E-state index is -0.147. The van der Waals surface area contributed by atoms with Gasteiger partial charge < -0.3 is 10.1 Å². The molecule has 0 atom stereocenters. The van der Waals surface area contributed by atoms with E-state index in [9.17, 15) is 0 Å². The number of nitrogens with one attached hydrogen (secondary N) is 2. The smallest absolute Gasteiger partial charge is 0.0750 e. The molecule has 0 radical (unpaired) electrons. The van der Waals surface area contributed by atoms with Crippen LogP contribution in [0.25, 0.3) is 11.3 Å². The molecule has 0 unspecified atom stereocenters. The second-order valence-electron chi connectivity index (χ2n) is 5.43. The van der Waals surface area contributed by atoms with Crippen LogP contribution in [0.15, 0.2) is 36.5 Å². The lowest BCUT2D eigenvalue weighted by Gasteiger charge is -2.25. The van der Waals surface area contributed by atoms with Crippen LogP contribution < -0.4 is 5.32 Å². The average molecular weight is 273 g/mol. The molecule has 2 N–H and O–H groups in total. The molecule has 108 valence electrons. The quantitative estimate of drug-likeness (QED) is 0.815. The topological polar surface area (TPSA) is 49.9 Å². The third-order valence-electron chi connectivity index (χ3n) is 3.18. The van der Waals surface area contributed by atoms with Crippen molar-refractivity contribution in [1.82, 2.24) is 15.5 Å². The van der Waals surface area contributed by atoms with Gasteiger partial charge in [-0.3, -0.25) is 5.10 Å². The van der Waals surface area contributed by atoms with E-state index in [1.165, 1.54) is 5.56 Å². The molecule has 1 aromatic carbocycles. The Morgan fingerprint density at radius 3 is 2.70 bits per heavy atom. The highest BCUT2D eigenvalue weighted by Gasteiger charge is 2.17. The fourth-order valence-electron chi connectivity index (χ4n) is 2.24. The van der Waals surface area contributed by atoms with E-state index in [0.717, 1.165) is 31.0 Å². The molecule has 0 aliphatic carbocycles. The van der Waals surface area contributed by atoms with Crippen LogP contribution in [0.3, 0.4) is 0 Å². The molecule has 0 fully saturated rings. The molecular weight excluding hydrogens is 250 g/mol. The Morgan fingerprint density at radius 2 is 2.00 bits per heavy atom. The first kappa shape index (κ1) is 14.8. The maximum Gasteiger partial charge on any atom is 0.0750 e. The summed E-state index contributed by atoms with van der Waals surface area (Å²) in [6.45, 7) is 8.52. The maximum atomic E-state index is 5.68. The Labute approximate surface area is 120 Å². The van der Waals surface area contributed by atoms with Crippen molar-refractivity contribution in [2.75, 3.05) is 13.2 Å². The van der Waals surface area contributed by atoms with Gasteiger partial charge >= 0.3 is 0 Å². The number of H-pyrrole nitrogens is 1. The monoisotopic (exact) mass is 273 g/mol. The van der Waals surface area contributed by atoms with Crippen LogP contribution in [0.1, 0.15) is 26.3 Å². The summed E-state index contributed by atoms with van der Waals surface area (Å²) in [5.41, 5.74) is 3.26. The summed E-state index contributed by atoms with van der Waals surface area (Å²) in [6.07, 6.45) is 1.88. The number of rotatable bonds is 7. The summed E-state index contributed by atoms with van der Waals surface area (Å²) in [5, 5.41) is 10.7. The van der Waals surface area contributed by atoms with E-state index < -0.39 is 0 Å². The first-order valence-electron chi connectivity index (χ1n) is 7.05. The zero-order valence-corrected chi connectivity index (χ0v) is 12.4. The van der Waals surface area contributed by atoms with Gasteiger partial charge in [-0.05, 0) is 26.3 Å². The van der Waals surface area contributed by atoms with E-state index in [1.54, 1.807) is 0 Å². The van der Waals surface area contributed by atoms with Gasteiger partial charge in [0.2, 0.25) is 0 Å². The number of nitrogens with zero attached hydrogens (tertiary/aromatic N) is 1. The lowest BCUT2D eigenvalue weighted by atomic mass is 10.1. The van der Waals surface area contributed by atoms with Crippen LogP contribution in [0, 0.1) is 0 Å². The van der Waals surface area contributed by atoms with Gasteiger partial charge in [0.15, 0.2) is 0 Å². The lowest BCUT2D eigenvalue weighted by Crippen LogP contribution is -2.37. The number of hydrogen-bond donors (Lipinski definition) is 2. The Kier molecular flexibility index (Phi) is 4.93. The maximum absolute atomic E-state index is 5.68. The van der Waals surface area contributed by atoms with Crippen LogP contribution >= 0.6 is 0 Å². The van der Waals surface area contributed by atoms with E-state index >= 15 is 0 Å². The minimum Gasteiger partial charge on any atom is -0.375 e. The molecule has 0 spiro atoms. The SMILES string of the molecule is CCOC(C)(C)CNCc1cn[nH]c1-c1ccccc1. The van der Waals surface area contributed by atoms with Crippen LogP contribution in [-0.4, -0.2) is 29.0 Å². The number of aromatic amines is 1. The molecule has 0 aliphatic heterocycles. The van der Waals surface area contributed by atoms with Gasteiger partial charge in [-0.1, -0.05) is 30.3 Å². The first-order chi connectivity index (χ1) is 9.62. The average Bonchev–Trinajstić information content (AvgIpc) is 2.88. The van der Waals surface area contributed by atoms with Gasteiger partial charge in [-0.15, -0.1) is 0 Å². The number of benzene rings is 1. The number of hydrogen-bond acceptors (Lipinski definition) is 3. The van der Waals surface area contributed by atoms with Gasteiger partial charge in [0.1, 0.15) is 0 Å². The molecule has 1 aromatic heterocycles. The molecule has 4 heteroatoms. The molecule has 4 nitrogen and oxygen atoms in total. The van der Waals surface area contributed by atoms with E-state index in [-0.39, 0.29) is 5.60 Å². The lowest BCUT2D eigenvalue weighted by molar-refractivity contribution is -0.00897. The molecule has 0 bridgehead atoms. The second-order valence-corrected chi connectivity index (χ2v) is 5.43. The summed E-state index contributed by atoms with van der Waals surface area (Å²) in [6, 6.07) is 10.3. The van der Waals surface area contributed by atoms with E-state index in [4.69, 9.17) is 4.74 Å². The largest absolute Gasteiger partial charge is 0.375 e. The molecule has 2 rings (SSSR count). The van der Waals surface area contributed by atoms with Crippen LogP contribution in [-0.2, 0) is 11.3 Å². The van der Waals surface area contributed by atoms with Gasteiger partial charge in [0.25, 0.3) is 0 Å². The Balaban J connectivity index is 1.97. The van der Waals surface area contributed by atoms with Gasteiger partial charge in [-0.2, -0.15) is 5.10 Å². The van der Waals surface area contributed by atoms with E-state index in [1.807, 2.05) is 31.3 Å². The molecule has 20 heavy (non-hydrogen) atoms. The predicted octanol–water partition coefficient (Wildman–Crippen LogP) is 2.98. The van der Waals surface area contributed by atoms with Crippen molar-refractivity contribution in [3.05, 3.63) is 42.1 Å². The van der Waals surface area contributed by atoms with Crippen molar-refractivity contribution in [3.63, 3.8) is 0 Å². The van der Waals surface area contributed by atoms with Crippen molar-refractivity contribution in [2.45, 2.75) is 32.9 Å². The predicted molar refractivity (Wildman–Crippen MR) is 81.4 cm³/mol. The molecule has 1 heterocycles. The summed E-state index contributed by atoms with van der Waals surface area (Å²) in [7, 11) is 0.